The molecule has 0 aliphatic carbocycles. The maximum absolute atomic E-state index is 12.4. The summed E-state index contributed by atoms with van der Waals surface area (Å²) in [6.07, 6.45) is 3.09. The summed E-state index contributed by atoms with van der Waals surface area (Å²) in [6.45, 7) is 5.35. The van der Waals surface area contributed by atoms with Crippen LogP contribution < -0.4 is 10.9 Å². The van der Waals surface area contributed by atoms with Gasteiger partial charge in [-0.25, -0.2) is 0 Å². The lowest BCUT2D eigenvalue weighted by atomic mass is 10.0. The average Bonchev–Trinajstić information content (AvgIpc) is 2.57. The molecule has 5 heteroatoms. The lowest BCUT2D eigenvalue weighted by Gasteiger charge is -2.32. The zero-order valence-corrected chi connectivity index (χ0v) is 13.5. The number of carbonyl (C=O) groups excluding carboxylic acids is 1. The van der Waals surface area contributed by atoms with Crippen LogP contribution in [-0.2, 0) is 0 Å². The zero-order chi connectivity index (χ0) is 16.2. The molecule has 0 unspecified atom stereocenters. The van der Waals surface area contributed by atoms with Gasteiger partial charge in [0, 0.05) is 24.5 Å². The molecule has 1 amide bonds. The van der Waals surface area contributed by atoms with Crippen molar-refractivity contribution >= 4 is 16.7 Å². The first kappa shape index (κ1) is 15.7. The third kappa shape index (κ3) is 3.62. The minimum atomic E-state index is -0.217. The number of amides is 1. The molecule has 1 aliphatic rings. The van der Waals surface area contributed by atoms with Gasteiger partial charge in [0.2, 0.25) is 0 Å². The van der Waals surface area contributed by atoms with E-state index in [9.17, 15) is 9.59 Å². The van der Waals surface area contributed by atoms with Crippen LogP contribution in [0.25, 0.3) is 10.8 Å². The number of pyridine rings is 1. The van der Waals surface area contributed by atoms with Gasteiger partial charge < -0.3 is 15.2 Å². The molecule has 0 saturated carbocycles. The smallest absolute Gasteiger partial charge is 0.268 e. The molecule has 1 aromatic carbocycles. The van der Waals surface area contributed by atoms with Crippen molar-refractivity contribution in [2.75, 3.05) is 19.6 Å². The largest absolute Gasteiger partial charge is 0.348 e. The van der Waals surface area contributed by atoms with Crippen molar-refractivity contribution in [3.05, 3.63) is 46.4 Å². The number of fused-ring (bicyclic) bond motifs is 1. The third-order valence-electron chi connectivity index (χ3n) is 4.46. The Bertz CT molecular complexity index is 745. The number of H-pyrrole nitrogens is 1. The van der Waals surface area contributed by atoms with Gasteiger partial charge in [0.1, 0.15) is 5.69 Å². The van der Waals surface area contributed by atoms with Gasteiger partial charge in [0.25, 0.3) is 11.5 Å². The Balaban J connectivity index is 1.68. The number of hydrogen-bond acceptors (Lipinski definition) is 3. The molecule has 2 heterocycles. The van der Waals surface area contributed by atoms with Crippen LogP contribution in [-0.4, -0.2) is 41.5 Å². The van der Waals surface area contributed by atoms with E-state index in [1.54, 1.807) is 12.1 Å². The van der Waals surface area contributed by atoms with E-state index in [0.717, 1.165) is 44.3 Å². The first-order chi connectivity index (χ1) is 11.2. The van der Waals surface area contributed by atoms with Gasteiger partial charge in [-0.3, -0.25) is 9.59 Å². The molecule has 1 fully saturated rings. The minimum Gasteiger partial charge on any atom is -0.348 e. The molecular weight excluding hydrogens is 290 g/mol. The van der Waals surface area contributed by atoms with Crippen molar-refractivity contribution in [1.82, 2.24) is 15.2 Å². The summed E-state index contributed by atoms with van der Waals surface area (Å²) in [5.74, 6) is -0.193. The van der Waals surface area contributed by atoms with Gasteiger partial charge in [0.15, 0.2) is 0 Å². The summed E-state index contributed by atoms with van der Waals surface area (Å²) in [4.78, 5) is 29.6. The van der Waals surface area contributed by atoms with E-state index in [4.69, 9.17) is 0 Å². The number of aromatic nitrogens is 1. The number of piperidine rings is 1. The summed E-state index contributed by atoms with van der Waals surface area (Å²) in [5, 5.41) is 4.45. The maximum atomic E-state index is 12.4. The second-order valence-electron chi connectivity index (χ2n) is 6.19. The molecule has 122 valence electrons. The van der Waals surface area contributed by atoms with Crippen molar-refractivity contribution in [2.45, 2.75) is 32.2 Å². The molecule has 0 radical (unpaired) electrons. The van der Waals surface area contributed by atoms with Crippen molar-refractivity contribution in [2.24, 2.45) is 0 Å². The van der Waals surface area contributed by atoms with E-state index < -0.39 is 0 Å². The van der Waals surface area contributed by atoms with Gasteiger partial charge >= 0.3 is 0 Å². The van der Waals surface area contributed by atoms with Crippen LogP contribution in [0.5, 0.6) is 0 Å². The van der Waals surface area contributed by atoms with Gasteiger partial charge in [-0.15, -0.1) is 0 Å². The standard InChI is InChI=1S/C18H23N3O2/c1-2-9-21-10-7-14(8-11-21)19-18(23)16-12-13-5-3-4-6-15(13)17(22)20-16/h3-6,12,14H,2,7-11H2,1H3,(H,19,23)(H,20,22). The Labute approximate surface area is 135 Å². The monoisotopic (exact) mass is 313 g/mol. The topological polar surface area (TPSA) is 65.2 Å². The summed E-state index contributed by atoms with van der Waals surface area (Å²) < 4.78 is 0. The van der Waals surface area contributed by atoms with Crippen molar-refractivity contribution < 1.29 is 4.79 Å². The highest BCUT2D eigenvalue weighted by Crippen LogP contribution is 2.13. The summed E-state index contributed by atoms with van der Waals surface area (Å²) in [6, 6.07) is 9.24. The van der Waals surface area contributed by atoms with Gasteiger partial charge in [-0.05, 0) is 43.3 Å². The van der Waals surface area contributed by atoms with E-state index in [1.807, 2.05) is 18.2 Å². The van der Waals surface area contributed by atoms with E-state index in [0.29, 0.717) is 11.1 Å². The summed E-state index contributed by atoms with van der Waals surface area (Å²) >= 11 is 0. The van der Waals surface area contributed by atoms with E-state index in [2.05, 4.69) is 22.1 Å². The van der Waals surface area contributed by atoms with E-state index in [-0.39, 0.29) is 17.5 Å². The predicted octanol–water partition coefficient (Wildman–Crippen LogP) is 2.13. The first-order valence-electron chi connectivity index (χ1n) is 8.32. The first-order valence-corrected chi connectivity index (χ1v) is 8.32. The van der Waals surface area contributed by atoms with Gasteiger partial charge in [0.05, 0.1) is 0 Å². The molecule has 3 rings (SSSR count). The lowest BCUT2D eigenvalue weighted by molar-refractivity contribution is 0.0906. The lowest BCUT2D eigenvalue weighted by Crippen LogP contribution is -2.45. The van der Waals surface area contributed by atoms with Gasteiger partial charge in [-0.2, -0.15) is 0 Å². The predicted molar refractivity (Wildman–Crippen MR) is 91.8 cm³/mol. The van der Waals surface area contributed by atoms with Crippen LogP contribution >= 0.6 is 0 Å². The highest BCUT2D eigenvalue weighted by atomic mass is 16.2. The molecule has 23 heavy (non-hydrogen) atoms. The molecular formula is C18H23N3O2. The second-order valence-corrected chi connectivity index (χ2v) is 6.19. The van der Waals surface area contributed by atoms with Crippen molar-refractivity contribution in [3.8, 4) is 0 Å². The molecule has 1 aliphatic heterocycles. The average molecular weight is 313 g/mol. The summed E-state index contributed by atoms with van der Waals surface area (Å²) in [5.41, 5.74) is 0.121. The molecule has 0 spiro atoms. The number of carbonyl (C=O) groups is 1. The van der Waals surface area contributed by atoms with Crippen LogP contribution in [0.1, 0.15) is 36.7 Å². The fraction of sp³-hybridized carbons (Fsp3) is 0.444. The van der Waals surface area contributed by atoms with Crippen LogP contribution in [0.15, 0.2) is 35.1 Å². The Morgan fingerprint density at radius 3 is 2.78 bits per heavy atom. The number of nitrogens with zero attached hydrogens (tertiary/aromatic N) is 1. The zero-order valence-electron chi connectivity index (χ0n) is 13.5. The summed E-state index contributed by atoms with van der Waals surface area (Å²) in [7, 11) is 0. The Hall–Kier alpha value is -2.14. The maximum Gasteiger partial charge on any atom is 0.268 e. The van der Waals surface area contributed by atoms with Crippen molar-refractivity contribution in [1.29, 1.82) is 0 Å². The van der Waals surface area contributed by atoms with E-state index >= 15 is 0 Å². The Kier molecular flexibility index (Phi) is 4.76. The molecule has 5 nitrogen and oxygen atoms in total. The quantitative estimate of drug-likeness (QED) is 0.909. The van der Waals surface area contributed by atoms with Gasteiger partial charge in [-0.1, -0.05) is 25.1 Å². The molecule has 2 aromatic rings. The van der Waals surface area contributed by atoms with Crippen molar-refractivity contribution in [3.63, 3.8) is 0 Å². The van der Waals surface area contributed by atoms with Crippen LogP contribution in [0, 0.1) is 0 Å². The van der Waals surface area contributed by atoms with Crippen LogP contribution in [0.3, 0.4) is 0 Å². The number of benzene rings is 1. The van der Waals surface area contributed by atoms with Crippen LogP contribution in [0.4, 0.5) is 0 Å². The molecule has 1 aromatic heterocycles. The second kappa shape index (κ2) is 6.96. The fourth-order valence-electron chi connectivity index (χ4n) is 3.21. The number of hydrogen-bond donors (Lipinski definition) is 2. The number of aromatic amines is 1. The SMILES string of the molecule is CCCN1CCC(NC(=O)c2cc3ccccc3c(=O)[nH]2)CC1. The number of nitrogens with one attached hydrogen (secondary N) is 2. The normalized spacial score (nSPS) is 16.6. The highest BCUT2D eigenvalue weighted by molar-refractivity contribution is 5.96. The Morgan fingerprint density at radius 2 is 2.04 bits per heavy atom. The Morgan fingerprint density at radius 1 is 1.30 bits per heavy atom. The fourth-order valence-corrected chi connectivity index (χ4v) is 3.21. The number of likely N-dealkylation sites (tertiary alicyclic amines) is 1. The third-order valence-corrected chi connectivity index (χ3v) is 4.46. The number of rotatable bonds is 4. The minimum absolute atomic E-state index is 0.186. The molecule has 1 saturated heterocycles. The molecule has 0 bridgehead atoms. The van der Waals surface area contributed by atoms with Crippen LogP contribution in [0.2, 0.25) is 0 Å². The molecule has 0 atom stereocenters. The molecule has 2 N–H and O–H groups in total. The highest BCUT2D eigenvalue weighted by Gasteiger charge is 2.21. The van der Waals surface area contributed by atoms with E-state index in [1.165, 1.54) is 0 Å².